The number of amides is 1. The van der Waals surface area contributed by atoms with Crippen molar-refractivity contribution in [3.63, 3.8) is 0 Å². The molecule has 0 spiro atoms. The highest BCUT2D eigenvalue weighted by Gasteiger charge is 2.27. The molecule has 2 fully saturated rings. The van der Waals surface area contributed by atoms with Gasteiger partial charge in [-0.15, -0.1) is 0 Å². The van der Waals surface area contributed by atoms with Gasteiger partial charge in [-0.05, 0) is 44.4 Å². The Labute approximate surface area is 126 Å². The molecule has 0 aromatic heterocycles. The van der Waals surface area contributed by atoms with E-state index in [1.54, 1.807) is 4.90 Å². The van der Waals surface area contributed by atoms with E-state index in [2.05, 4.69) is 0 Å². The molecule has 1 aliphatic heterocycles. The lowest BCUT2D eigenvalue weighted by molar-refractivity contribution is 0.0355. The predicted molar refractivity (Wildman–Crippen MR) is 78.4 cm³/mol. The molecule has 1 amide bonds. The first kappa shape index (κ1) is 16.5. The molecule has 0 bridgehead atoms. The van der Waals surface area contributed by atoms with Crippen LogP contribution in [0.1, 0.15) is 44.9 Å². The van der Waals surface area contributed by atoms with Crippen molar-refractivity contribution in [2.24, 2.45) is 5.92 Å². The van der Waals surface area contributed by atoms with Gasteiger partial charge in [-0.25, -0.2) is 4.79 Å². The maximum atomic E-state index is 12.1. The number of ether oxygens (including phenoxy) is 1. The molecule has 2 rings (SSSR count). The van der Waals surface area contributed by atoms with Crippen LogP contribution in [0.5, 0.6) is 0 Å². The molecule has 0 atom stereocenters. The van der Waals surface area contributed by atoms with Crippen molar-refractivity contribution in [2.45, 2.75) is 51.0 Å². The second-order valence-electron chi connectivity index (χ2n) is 6.06. The Morgan fingerprint density at radius 3 is 2.29 bits per heavy atom. The van der Waals surface area contributed by atoms with Crippen molar-refractivity contribution in [1.29, 1.82) is 0 Å². The Kier molecular flexibility index (Phi) is 5.87. The second kappa shape index (κ2) is 7.45. The average molecular weight is 319 g/mol. The van der Waals surface area contributed by atoms with Gasteiger partial charge in [-0.1, -0.05) is 6.42 Å². The van der Waals surface area contributed by atoms with Crippen molar-refractivity contribution in [1.82, 2.24) is 4.90 Å². The van der Waals surface area contributed by atoms with Gasteiger partial charge in [0, 0.05) is 13.1 Å². The topological polar surface area (TPSA) is 72.9 Å². The van der Waals surface area contributed by atoms with Crippen molar-refractivity contribution in [2.75, 3.05) is 26.0 Å². The SMILES string of the molecule is CS(=O)(=O)OCC1CCN(C(=O)OC2CCCCC2)CC1. The highest BCUT2D eigenvalue weighted by molar-refractivity contribution is 7.85. The van der Waals surface area contributed by atoms with Crippen LogP contribution in [0.25, 0.3) is 0 Å². The third-order valence-electron chi connectivity index (χ3n) is 4.21. The highest BCUT2D eigenvalue weighted by Crippen LogP contribution is 2.23. The number of carbonyl (C=O) groups is 1. The summed E-state index contributed by atoms with van der Waals surface area (Å²) in [7, 11) is -3.38. The highest BCUT2D eigenvalue weighted by atomic mass is 32.2. The Bertz CT molecular complexity index is 436. The number of piperidine rings is 1. The minimum atomic E-state index is -3.38. The molecule has 1 saturated carbocycles. The summed E-state index contributed by atoms with van der Waals surface area (Å²) in [5.74, 6) is 0.193. The fourth-order valence-corrected chi connectivity index (χ4v) is 3.34. The van der Waals surface area contributed by atoms with E-state index in [4.69, 9.17) is 8.92 Å². The molecule has 0 aromatic rings. The summed E-state index contributed by atoms with van der Waals surface area (Å²) in [6.07, 6.45) is 7.91. The summed E-state index contributed by atoms with van der Waals surface area (Å²) in [6, 6.07) is 0. The maximum absolute atomic E-state index is 12.1. The van der Waals surface area contributed by atoms with Crippen LogP contribution in [0.4, 0.5) is 4.79 Å². The first-order valence-corrected chi connectivity index (χ1v) is 9.55. The molecular formula is C14H25NO5S. The van der Waals surface area contributed by atoms with E-state index in [9.17, 15) is 13.2 Å². The Balaban J connectivity index is 1.69. The Morgan fingerprint density at radius 2 is 1.71 bits per heavy atom. The lowest BCUT2D eigenvalue weighted by Crippen LogP contribution is -2.41. The zero-order valence-corrected chi connectivity index (χ0v) is 13.4. The number of hydrogen-bond acceptors (Lipinski definition) is 5. The van der Waals surface area contributed by atoms with Gasteiger partial charge in [0.2, 0.25) is 0 Å². The number of rotatable bonds is 4. The monoisotopic (exact) mass is 319 g/mol. The first-order chi connectivity index (χ1) is 9.94. The third-order valence-corrected chi connectivity index (χ3v) is 4.77. The van der Waals surface area contributed by atoms with Gasteiger partial charge in [0.15, 0.2) is 0 Å². The first-order valence-electron chi connectivity index (χ1n) is 7.74. The van der Waals surface area contributed by atoms with Crippen molar-refractivity contribution in [3.8, 4) is 0 Å². The average Bonchev–Trinajstić information content (AvgIpc) is 2.46. The largest absolute Gasteiger partial charge is 0.446 e. The van der Waals surface area contributed by atoms with E-state index >= 15 is 0 Å². The minimum absolute atomic E-state index is 0.0811. The summed E-state index contributed by atoms with van der Waals surface area (Å²) >= 11 is 0. The lowest BCUT2D eigenvalue weighted by atomic mass is 9.97. The van der Waals surface area contributed by atoms with Gasteiger partial charge >= 0.3 is 6.09 Å². The summed E-state index contributed by atoms with van der Waals surface area (Å²) < 4.78 is 32.3. The standard InChI is InChI=1S/C14H25NO5S/c1-21(17,18)19-11-12-7-9-15(10-8-12)14(16)20-13-5-3-2-4-6-13/h12-13H,2-11H2,1H3. The van der Waals surface area contributed by atoms with Crippen LogP contribution in [0.3, 0.4) is 0 Å². The van der Waals surface area contributed by atoms with E-state index < -0.39 is 10.1 Å². The van der Waals surface area contributed by atoms with Gasteiger partial charge in [-0.2, -0.15) is 8.42 Å². The molecule has 0 unspecified atom stereocenters. The molecule has 6 nitrogen and oxygen atoms in total. The molecule has 21 heavy (non-hydrogen) atoms. The van der Waals surface area contributed by atoms with Gasteiger partial charge in [-0.3, -0.25) is 4.18 Å². The number of hydrogen-bond donors (Lipinski definition) is 0. The summed E-state index contributed by atoms with van der Waals surface area (Å²) in [4.78, 5) is 13.8. The van der Waals surface area contributed by atoms with Gasteiger partial charge in [0.25, 0.3) is 10.1 Å². The smallest absolute Gasteiger partial charge is 0.410 e. The van der Waals surface area contributed by atoms with Crippen molar-refractivity contribution < 1.29 is 22.1 Å². The number of carbonyl (C=O) groups excluding carboxylic acids is 1. The van der Waals surface area contributed by atoms with Gasteiger partial charge in [0.1, 0.15) is 6.10 Å². The zero-order valence-electron chi connectivity index (χ0n) is 12.6. The van der Waals surface area contributed by atoms with Crippen LogP contribution in [0, 0.1) is 5.92 Å². The van der Waals surface area contributed by atoms with E-state index in [-0.39, 0.29) is 24.7 Å². The van der Waals surface area contributed by atoms with Crippen molar-refractivity contribution in [3.05, 3.63) is 0 Å². The minimum Gasteiger partial charge on any atom is -0.446 e. The third kappa shape index (κ3) is 5.82. The quantitative estimate of drug-likeness (QED) is 0.742. The lowest BCUT2D eigenvalue weighted by Gasteiger charge is -2.32. The molecular weight excluding hydrogens is 294 g/mol. The molecule has 0 aromatic carbocycles. The van der Waals surface area contributed by atoms with E-state index in [0.29, 0.717) is 13.1 Å². The number of likely N-dealkylation sites (tertiary alicyclic amines) is 1. The Hall–Kier alpha value is -0.820. The maximum Gasteiger partial charge on any atom is 0.410 e. The Morgan fingerprint density at radius 1 is 1.10 bits per heavy atom. The van der Waals surface area contributed by atoms with E-state index in [0.717, 1.165) is 44.8 Å². The van der Waals surface area contributed by atoms with Gasteiger partial charge in [0.05, 0.1) is 12.9 Å². The zero-order chi connectivity index (χ0) is 15.3. The van der Waals surface area contributed by atoms with Crippen LogP contribution >= 0.6 is 0 Å². The molecule has 1 heterocycles. The van der Waals surface area contributed by atoms with E-state index in [1.807, 2.05) is 0 Å². The predicted octanol–water partition coefficient (Wildman–Crippen LogP) is 2.14. The van der Waals surface area contributed by atoms with Crippen LogP contribution in [-0.2, 0) is 19.0 Å². The molecule has 0 N–H and O–H groups in total. The molecule has 2 aliphatic rings. The van der Waals surface area contributed by atoms with E-state index in [1.165, 1.54) is 6.42 Å². The van der Waals surface area contributed by atoms with Gasteiger partial charge < -0.3 is 9.64 Å². The van der Waals surface area contributed by atoms with Crippen LogP contribution in [0.15, 0.2) is 0 Å². The fourth-order valence-electron chi connectivity index (χ4n) is 2.90. The normalized spacial score (nSPS) is 22.2. The molecule has 0 radical (unpaired) electrons. The molecule has 7 heteroatoms. The molecule has 1 aliphatic carbocycles. The summed E-state index contributed by atoms with van der Waals surface area (Å²) in [6.45, 7) is 1.44. The van der Waals surface area contributed by atoms with Crippen LogP contribution in [0.2, 0.25) is 0 Å². The number of nitrogens with zero attached hydrogens (tertiary/aromatic N) is 1. The summed E-state index contributed by atoms with van der Waals surface area (Å²) in [5.41, 5.74) is 0. The second-order valence-corrected chi connectivity index (χ2v) is 7.71. The molecule has 1 saturated heterocycles. The summed E-state index contributed by atoms with van der Waals surface area (Å²) in [5, 5.41) is 0. The van der Waals surface area contributed by atoms with Crippen LogP contribution in [-0.4, -0.2) is 51.5 Å². The van der Waals surface area contributed by atoms with Crippen molar-refractivity contribution >= 4 is 16.2 Å². The fraction of sp³-hybridized carbons (Fsp3) is 0.929. The molecule has 122 valence electrons. The van der Waals surface area contributed by atoms with Crippen LogP contribution < -0.4 is 0 Å².